The number of rotatable bonds is 33. The normalized spacial score (nSPS) is 17.4. The summed E-state index contributed by atoms with van der Waals surface area (Å²) in [7, 11) is 1.70. The zero-order chi connectivity index (χ0) is 57.4. The molecule has 0 saturated carbocycles. The van der Waals surface area contributed by atoms with Crippen LogP contribution in [0.15, 0.2) is 64.7 Å². The Labute approximate surface area is 470 Å². The Bertz CT molecular complexity index is 2750. The lowest BCUT2D eigenvalue weighted by Crippen LogP contribution is -2.76. The van der Waals surface area contributed by atoms with Crippen LogP contribution in [0.25, 0.3) is 33.4 Å². The summed E-state index contributed by atoms with van der Waals surface area (Å²) in [6.07, 6.45) is 3.26. The number of amides is 5. The minimum Gasteiger partial charge on any atom is -0.458 e. The Morgan fingerprint density at radius 3 is 2.26 bits per heavy atom. The third kappa shape index (κ3) is 18.2. The molecule has 21 heteroatoms. The molecule has 80 heavy (non-hydrogen) atoms. The van der Waals surface area contributed by atoms with E-state index in [4.69, 9.17) is 37.6 Å². The quantitative estimate of drug-likeness (QED) is 0.0207. The van der Waals surface area contributed by atoms with E-state index in [1.165, 1.54) is 4.90 Å². The lowest BCUT2D eigenvalue weighted by atomic mass is 9.89. The standard InChI is InChI=1S/C59H84N8O13/c1-9-13-20-62-52(68)37-76-38-54(69)80-51-35-53(79-48(51)10-2)67-36-41(7)56(65-58(67)71)63-21-16-24-73-27-29-75-30-28-74-25-17-22-64-59(72)77-26-23-66(8)57(70)43-19-15-14-18-42(43)55-44-31-39(5)46(60-11-3)33-49(44)78-50-34-47(61-12-4)40(6)32-45(50)55/h14-15,18-19,31-34,36,48,51,53,56,60,63H,9-13,16-17,20-30,35,37-38H2,1-8H3,(H,62,68)(H,64,72)(H,65,71)/p+1. The number of nitrogens with zero attached hydrogens (tertiary/aromatic N) is 2. The van der Waals surface area contributed by atoms with Gasteiger partial charge in [-0.3, -0.25) is 19.8 Å². The van der Waals surface area contributed by atoms with Gasteiger partial charge in [0.15, 0.2) is 0 Å². The molecule has 0 aromatic heterocycles. The van der Waals surface area contributed by atoms with E-state index in [1.807, 2.05) is 57.2 Å². The zero-order valence-corrected chi connectivity index (χ0v) is 48.1. The third-order valence-electron chi connectivity index (χ3n) is 13.7. The smallest absolute Gasteiger partial charge is 0.407 e. The van der Waals surface area contributed by atoms with E-state index < -0.39 is 30.5 Å². The van der Waals surface area contributed by atoms with Crippen molar-refractivity contribution in [2.75, 3.05) is 111 Å². The number of unbranched alkanes of at least 4 members (excludes halogenated alkanes) is 1. The fourth-order valence-electron chi connectivity index (χ4n) is 9.43. The minimum absolute atomic E-state index is 0.0148. The maximum Gasteiger partial charge on any atom is 0.407 e. The van der Waals surface area contributed by atoms with Crippen LogP contribution in [0.1, 0.15) is 94.6 Å². The van der Waals surface area contributed by atoms with Gasteiger partial charge in [0.2, 0.25) is 11.3 Å². The van der Waals surface area contributed by atoms with Crippen molar-refractivity contribution in [1.82, 2.24) is 31.1 Å². The van der Waals surface area contributed by atoms with Gasteiger partial charge in [-0.1, -0.05) is 38.5 Å². The second-order valence-corrected chi connectivity index (χ2v) is 19.9. The molecule has 0 spiro atoms. The van der Waals surface area contributed by atoms with E-state index in [9.17, 15) is 24.0 Å². The number of esters is 1. The number of hydrogen-bond donors (Lipinski definition) is 6. The largest absolute Gasteiger partial charge is 0.458 e. The molecule has 3 aliphatic heterocycles. The number of aryl methyl sites for hydroxylation is 2. The summed E-state index contributed by atoms with van der Waals surface area (Å²) in [6.45, 7) is 19.3. The SMILES string of the molecule is CCCCNC(=O)COCC(=O)OC1CC(N2C=C(C)C(NCCCOCCOCCOCCCNC(=O)OCCN(C)C(=O)c3ccccc3-c3c4cc(C)c(=[NH+]CC)cc-4oc4cc(NCC)c(C)cc34)NC2=O)OC1CC. The Balaban J connectivity index is 0.805. The Hall–Kier alpha value is -6.62. The van der Waals surface area contributed by atoms with Crippen molar-refractivity contribution in [3.05, 3.63) is 82.4 Å². The number of likely N-dealkylation sites (N-methyl/N-ethyl adjacent to an activating group) is 1. The van der Waals surface area contributed by atoms with Crippen molar-refractivity contribution < 1.29 is 66.5 Å². The average Bonchev–Trinajstić information content (AvgIpc) is 3.92. The van der Waals surface area contributed by atoms with E-state index in [2.05, 4.69) is 71.4 Å². The maximum atomic E-state index is 14.2. The number of alkyl carbamates (subject to hydrolysis) is 1. The second-order valence-electron chi connectivity index (χ2n) is 19.9. The molecule has 5 amide bonds. The van der Waals surface area contributed by atoms with Crippen molar-refractivity contribution in [3.63, 3.8) is 0 Å². The van der Waals surface area contributed by atoms with Crippen LogP contribution in [0.2, 0.25) is 0 Å². The molecule has 1 saturated heterocycles. The summed E-state index contributed by atoms with van der Waals surface area (Å²) in [5.41, 5.74) is 7.83. The van der Waals surface area contributed by atoms with Gasteiger partial charge in [0.1, 0.15) is 56.2 Å². The van der Waals surface area contributed by atoms with Crippen LogP contribution in [-0.4, -0.2) is 170 Å². The fraction of sp³-hybridized carbons (Fsp3) is 0.559. The summed E-state index contributed by atoms with van der Waals surface area (Å²) < 4.78 is 46.0. The summed E-state index contributed by atoms with van der Waals surface area (Å²) in [5.74, 6) is -0.372. The predicted molar refractivity (Wildman–Crippen MR) is 303 cm³/mol. The fourth-order valence-corrected chi connectivity index (χ4v) is 9.43. The molecule has 6 N–H and O–H groups in total. The molecule has 4 unspecified atom stereocenters. The highest BCUT2D eigenvalue weighted by Gasteiger charge is 2.42. The van der Waals surface area contributed by atoms with E-state index in [0.717, 1.165) is 75.8 Å². The number of carbonyl (C=O) groups is 5. The minimum atomic E-state index is -0.613. The van der Waals surface area contributed by atoms with Gasteiger partial charge in [-0.15, -0.1) is 0 Å². The molecule has 3 heterocycles. The third-order valence-corrected chi connectivity index (χ3v) is 13.7. The van der Waals surface area contributed by atoms with E-state index in [-0.39, 0.29) is 50.4 Å². The summed E-state index contributed by atoms with van der Waals surface area (Å²) in [5, 5.41) is 17.1. The van der Waals surface area contributed by atoms with Crippen LogP contribution in [0.3, 0.4) is 0 Å². The van der Waals surface area contributed by atoms with Gasteiger partial charge in [0, 0.05) is 91.9 Å². The molecule has 0 radical (unpaired) electrons. The molecule has 0 bridgehead atoms. The molecule has 438 valence electrons. The van der Waals surface area contributed by atoms with Crippen molar-refractivity contribution in [3.8, 4) is 22.5 Å². The van der Waals surface area contributed by atoms with Gasteiger partial charge >= 0.3 is 18.1 Å². The highest BCUT2D eigenvalue weighted by molar-refractivity contribution is 6.09. The van der Waals surface area contributed by atoms with Crippen molar-refractivity contribution in [2.45, 2.75) is 112 Å². The molecule has 6 rings (SSSR count). The molecule has 2 aromatic rings. The molecule has 2 aromatic carbocycles. The first-order valence-electron chi connectivity index (χ1n) is 28.3. The van der Waals surface area contributed by atoms with E-state index in [0.29, 0.717) is 102 Å². The number of ether oxygens (including phenoxy) is 7. The molecule has 4 aliphatic rings. The first-order chi connectivity index (χ1) is 38.8. The lowest BCUT2D eigenvalue weighted by molar-refractivity contribution is -0.496. The van der Waals surface area contributed by atoms with Crippen LogP contribution in [0.4, 0.5) is 15.3 Å². The van der Waals surface area contributed by atoms with Crippen LogP contribution in [0, 0.1) is 13.8 Å². The van der Waals surface area contributed by atoms with Crippen LogP contribution in [-0.2, 0) is 42.7 Å². The first-order valence-corrected chi connectivity index (χ1v) is 28.3. The molecule has 1 fully saturated rings. The van der Waals surface area contributed by atoms with Crippen molar-refractivity contribution in [1.29, 1.82) is 0 Å². The monoisotopic (exact) mass is 1110 g/mol. The number of benzene rings is 3. The molecule has 4 atom stereocenters. The van der Waals surface area contributed by atoms with Crippen molar-refractivity contribution >= 4 is 46.6 Å². The first kappa shape index (κ1) is 62.6. The number of hydrogen-bond acceptors (Lipinski definition) is 15. The topological polar surface area (TPSA) is 244 Å². The summed E-state index contributed by atoms with van der Waals surface area (Å²) >= 11 is 0. The van der Waals surface area contributed by atoms with Crippen LogP contribution in [0.5, 0.6) is 0 Å². The number of carbonyl (C=O) groups excluding carboxylic acids is 5. The van der Waals surface area contributed by atoms with Gasteiger partial charge in [-0.05, 0) is 102 Å². The predicted octanol–water partition coefficient (Wildman–Crippen LogP) is 5.10. The lowest BCUT2D eigenvalue weighted by Gasteiger charge is -2.34. The Kier molecular flexibility index (Phi) is 25.5. The molecule has 1 aliphatic carbocycles. The van der Waals surface area contributed by atoms with Gasteiger partial charge in [-0.25, -0.2) is 19.4 Å². The molecular weight excluding hydrogens is 1030 g/mol. The molecule has 21 nitrogen and oxygen atoms in total. The van der Waals surface area contributed by atoms with E-state index >= 15 is 0 Å². The number of fused-ring (bicyclic) bond motifs is 2. The highest BCUT2D eigenvalue weighted by Crippen LogP contribution is 2.43. The second kappa shape index (κ2) is 32.6. The Morgan fingerprint density at radius 2 is 1.54 bits per heavy atom. The highest BCUT2D eigenvalue weighted by atomic mass is 16.6. The van der Waals surface area contributed by atoms with Gasteiger partial charge < -0.3 is 63.7 Å². The molecular formula is C59H85N8O13+. The van der Waals surface area contributed by atoms with Crippen LogP contribution < -0.4 is 36.9 Å². The number of urea groups is 1. The average molecular weight is 1110 g/mol. The van der Waals surface area contributed by atoms with Gasteiger partial charge in [-0.2, -0.15) is 0 Å². The zero-order valence-electron chi connectivity index (χ0n) is 48.1. The van der Waals surface area contributed by atoms with Crippen molar-refractivity contribution in [2.24, 2.45) is 0 Å². The summed E-state index contributed by atoms with van der Waals surface area (Å²) in [4.78, 5) is 70.7. The Morgan fingerprint density at radius 1 is 0.812 bits per heavy atom. The summed E-state index contributed by atoms with van der Waals surface area (Å²) in [6, 6.07) is 15.6. The number of anilines is 1. The van der Waals surface area contributed by atoms with E-state index in [1.54, 1.807) is 18.1 Å². The maximum absolute atomic E-state index is 14.2. The van der Waals surface area contributed by atoms with Gasteiger partial charge in [0.05, 0.1) is 45.1 Å². The van der Waals surface area contributed by atoms with Crippen LogP contribution >= 0.6 is 0 Å². The number of nitrogens with one attached hydrogen (secondary N) is 6. The van der Waals surface area contributed by atoms with Gasteiger partial charge in [0.25, 0.3) is 5.91 Å².